The number of anilines is 1. The first-order chi connectivity index (χ1) is 8.99. The molecule has 0 aromatic heterocycles. The number of hydrogen-bond donors (Lipinski definition) is 1. The van der Waals surface area contributed by atoms with E-state index >= 15 is 0 Å². The molecule has 3 heteroatoms. The Balaban J connectivity index is 2.50. The number of hydrogen-bond acceptors (Lipinski definition) is 3. The van der Waals surface area contributed by atoms with Gasteiger partial charge in [-0.25, -0.2) is 0 Å². The van der Waals surface area contributed by atoms with Gasteiger partial charge in [0.2, 0.25) is 0 Å². The number of benzene rings is 1. The second kappa shape index (κ2) is 8.18. The molecule has 3 nitrogen and oxygen atoms in total. The average Bonchev–Trinajstić information content (AvgIpc) is 2.33. The lowest BCUT2D eigenvalue weighted by molar-refractivity contribution is 0.221. The Morgan fingerprint density at radius 2 is 1.74 bits per heavy atom. The molecule has 0 amide bonds. The van der Waals surface area contributed by atoms with Crippen LogP contribution in [0, 0.1) is 5.92 Å². The average molecular weight is 263 g/mol. The van der Waals surface area contributed by atoms with Gasteiger partial charge in [-0.15, -0.1) is 0 Å². The van der Waals surface area contributed by atoms with Gasteiger partial charge in [-0.05, 0) is 38.1 Å². The van der Waals surface area contributed by atoms with Gasteiger partial charge in [0.1, 0.15) is 0 Å². The lowest BCUT2D eigenvalue weighted by Crippen LogP contribution is -2.35. The second-order valence-electron chi connectivity index (χ2n) is 5.95. The molecule has 0 fully saturated rings. The van der Waals surface area contributed by atoms with E-state index < -0.39 is 0 Å². The molecule has 2 N–H and O–H groups in total. The molecule has 1 rings (SSSR count). The smallest absolute Gasteiger partial charge is 0.0347 e. The first-order valence-corrected chi connectivity index (χ1v) is 7.19. The summed E-state index contributed by atoms with van der Waals surface area (Å²) in [5.41, 5.74) is 8.18. The quantitative estimate of drug-likeness (QED) is 0.731. The topological polar surface area (TPSA) is 32.5 Å². The summed E-state index contributed by atoms with van der Waals surface area (Å²) in [6, 6.07) is 8.19. The van der Waals surface area contributed by atoms with Crippen molar-refractivity contribution in [1.82, 2.24) is 9.80 Å². The van der Waals surface area contributed by atoms with Gasteiger partial charge in [-0.1, -0.05) is 32.0 Å². The molecule has 0 aliphatic rings. The summed E-state index contributed by atoms with van der Waals surface area (Å²) in [4.78, 5) is 4.78. The van der Waals surface area contributed by atoms with Crippen molar-refractivity contribution in [1.29, 1.82) is 0 Å². The van der Waals surface area contributed by atoms with Crippen LogP contribution in [0.1, 0.15) is 19.4 Å². The Morgan fingerprint density at radius 1 is 1.05 bits per heavy atom. The highest BCUT2D eigenvalue weighted by atomic mass is 15.2. The van der Waals surface area contributed by atoms with Crippen molar-refractivity contribution in [2.24, 2.45) is 5.92 Å². The van der Waals surface area contributed by atoms with Gasteiger partial charge in [0.25, 0.3) is 0 Å². The van der Waals surface area contributed by atoms with Crippen LogP contribution < -0.4 is 5.73 Å². The summed E-state index contributed by atoms with van der Waals surface area (Å²) in [5, 5.41) is 0. The molecular weight excluding hydrogens is 234 g/mol. The van der Waals surface area contributed by atoms with Crippen LogP contribution in [0.25, 0.3) is 0 Å². The van der Waals surface area contributed by atoms with Crippen molar-refractivity contribution >= 4 is 5.69 Å². The van der Waals surface area contributed by atoms with Gasteiger partial charge in [0.05, 0.1) is 0 Å². The fourth-order valence-corrected chi connectivity index (χ4v) is 2.19. The molecule has 0 atom stereocenters. The van der Waals surface area contributed by atoms with E-state index in [9.17, 15) is 0 Å². The molecule has 19 heavy (non-hydrogen) atoms. The van der Waals surface area contributed by atoms with E-state index in [1.807, 2.05) is 12.1 Å². The molecule has 0 aliphatic carbocycles. The van der Waals surface area contributed by atoms with Gasteiger partial charge in [0.15, 0.2) is 0 Å². The van der Waals surface area contributed by atoms with Crippen LogP contribution in [-0.4, -0.2) is 50.1 Å². The van der Waals surface area contributed by atoms with Crippen LogP contribution in [-0.2, 0) is 6.42 Å². The fourth-order valence-electron chi connectivity index (χ4n) is 2.19. The summed E-state index contributed by atoms with van der Waals surface area (Å²) in [5.74, 6) is 0.704. The Kier molecular flexibility index (Phi) is 6.89. The number of rotatable bonds is 8. The third kappa shape index (κ3) is 6.60. The summed E-state index contributed by atoms with van der Waals surface area (Å²) < 4.78 is 0. The van der Waals surface area contributed by atoms with Gasteiger partial charge < -0.3 is 15.5 Å². The van der Waals surface area contributed by atoms with Crippen molar-refractivity contribution in [3.05, 3.63) is 29.8 Å². The molecule has 0 spiro atoms. The van der Waals surface area contributed by atoms with Crippen LogP contribution in [0.2, 0.25) is 0 Å². The molecule has 0 aliphatic heterocycles. The summed E-state index contributed by atoms with van der Waals surface area (Å²) in [6.45, 7) is 9.02. The number of nitrogens with zero attached hydrogens (tertiary/aromatic N) is 2. The van der Waals surface area contributed by atoms with Crippen molar-refractivity contribution in [2.45, 2.75) is 20.3 Å². The zero-order valence-electron chi connectivity index (χ0n) is 12.9. The monoisotopic (exact) mass is 263 g/mol. The first kappa shape index (κ1) is 16.0. The Morgan fingerprint density at radius 3 is 2.32 bits per heavy atom. The van der Waals surface area contributed by atoms with E-state index in [1.165, 1.54) is 5.56 Å². The minimum atomic E-state index is 0.704. The van der Waals surface area contributed by atoms with Gasteiger partial charge in [-0.3, -0.25) is 0 Å². The largest absolute Gasteiger partial charge is 0.399 e. The van der Waals surface area contributed by atoms with Crippen LogP contribution in [0.4, 0.5) is 5.69 Å². The zero-order chi connectivity index (χ0) is 14.3. The maximum Gasteiger partial charge on any atom is 0.0347 e. The Hall–Kier alpha value is -1.06. The Labute approximate surface area is 118 Å². The van der Waals surface area contributed by atoms with Crippen LogP contribution in [0.15, 0.2) is 24.3 Å². The van der Waals surface area contributed by atoms with Gasteiger partial charge >= 0.3 is 0 Å². The molecule has 0 heterocycles. The SMILES string of the molecule is CC(C)CN(CCc1ccccc1N)CCN(C)C. The zero-order valence-corrected chi connectivity index (χ0v) is 12.9. The number of nitrogens with two attached hydrogens (primary N) is 1. The van der Waals surface area contributed by atoms with Crippen molar-refractivity contribution in [2.75, 3.05) is 46.0 Å². The molecule has 0 radical (unpaired) electrons. The molecule has 0 unspecified atom stereocenters. The summed E-state index contributed by atoms with van der Waals surface area (Å²) in [7, 11) is 4.26. The molecule has 0 bridgehead atoms. The Bertz CT molecular complexity index is 361. The standard InChI is InChI=1S/C16H29N3/c1-14(2)13-19(12-11-18(3)4)10-9-15-7-5-6-8-16(15)17/h5-8,14H,9-13,17H2,1-4H3. The predicted molar refractivity (Wildman–Crippen MR) is 84.4 cm³/mol. The fraction of sp³-hybridized carbons (Fsp3) is 0.625. The highest BCUT2D eigenvalue weighted by molar-refractivity contribution is 5.46. The molecule has 108 valence electrons. The minimum Gasteiger partial charge on any atom is -0.399 e. The minimum absolute atomic E-state index is 0.704. The van der Waals surface area contributed by atoms with E-state index in [1.54, 1.807) is 0 Å². The van der Waals surface area contributed by atoms with E-state index in [4.69, 9.17) is 5.73 Å². The van der Waals surface area contributed by atoms with E-state index in [0.29, 0.717) is 5.92 Å². The van der Waals surface area contributed by atoms with E-state index in [-0.39, 0.29) is 0 Å². The molecule has 1 aromatic carbocycles. The van der Waals surface area contributed by atoms with Gasteiger partial charge in [0, 0.05) is 31.9 Å². The highest BCUT2D eigenvalue weighted by Crippen LogP contribution is 2.12. The third-order valence-corrected chi connectivity index (χ3v) is 3.24. The highest BCUT2D eigenvalue weighted by Gasteiger charge is 2.08. The van der Waals surface area contributed by atoms with Crippen molar-refractivity contribution in [3.63, 3.8) is 0 Å². The maximum atomic E-state index is 6.00. The predicted octanol–water partition coefficient (Wildman–Crippen LogP) is 2.33. The summed E-state index contributed by atoms with van der Waals surface area (Å²) >= 11 is 0. The number of likely N-dealkylation sites (N-methyl/N-ethyl adjacent to an activating group) is 1. The second-order valence-corrected chi connectivity index (χ2v) is 5.95. The number of para-hydroxylation sites is 1. The lowest BCUT2D eigenvalue weighted by atomic mass is 10.1. The van der Waals surface area contributed by atoms with Crippen molar-refractivity contribution in [3.8, 4) is 0 Å². The van der Waals surface area contributed by atoms with E-state index in [2.05, 4.69) is 49.9 Å². The normalized spacial score (nSPS) is 11.7. The first-order valence-electron chi connectivity index (χ1n) is 7.19. The number of nitrogen functional groups attached to an aromatic ring is 1. The van der Waals surface area contributed by atoms with Crippen molar-refractivity contribution < 1.29 is 0 Å². The van der Waals surface area contributed by atoms with Gasteiger partial charge in [-0.2, -0.15) is 0 Å². The molecule has 1 aromatic rings. The third-order valence-electron chi connectivity index (χ3n) is 3.24. The molecule has 0 saturated carbocycles. The van der Waals surface area contributed by atoms with E-state index in [0.717, 1.165) is 38.3 Å². The maximum absolute atomic E-state index is 6.00. The summed E-state index contributed by atoms with van der Waals surface area (Å²) in [6.07, 6.45) is 1.03. The van der Waals surface area contributed by atoms with Crippen LogP contribution in [0.5, 0.6) is 0 Å². The van der Waals surface area contributed by atoms with Crippen LogP contribution in [0.3, 0.4) is 0 Å². The lowest BCUT2D eigenvalue weighted by Gasteiger charge is -2.26. The molecule has 0 saturated heterocycles. The van der Waals surface area contributed by atoms with Crippen LogP contribution >= 0.6 is 0 Å². The molecular formula is C16H29N3.